The highest BCUT2D eigenvalue weighted by molar-refractivity contribution is 4.69. The van der Waals surface area contributed by atoms with Crippen LogP contribution in [0.15, 0.2) is 0 Å². The van der Waals surface area contributed by atoms with Crippen molar-refractivity contribution < 1.29 is 4.74 Å². The van der Waals surface area contributed by atoms with Crippen molar-refractivity contribution in [3.8, 4) is 0 Å². The van der Waals surface area contributed by atoms with Crippen molar-refractivity contribution in [1.82, 2.24) is 4.90 Å². The molecule has 72 valence electrons. The van der Waals surface area contributed by atoms with Gasteiger partial charge in [-0.2, -0.15) is 0 Å². The summed E-state index contributed by atoms with van der Waals surface area (Å²) in [6.45, 7) is 9.18. The van der Waals surface area contributed by atoms with Gasteiger partial charge in [0, 0.05) is 25.7 Å². The van der Waals surface area contributed by atoms with Gasteiger partial charge in [-0.3, -0.25) is 4.90 Å². The van der Waals surface area contributed by atoms with Crippen LogP contribution in [0.5, 0.6) is 0 Å². The number of rotatable bonds is 2. The van der Waals surface area contributed by atoms with Crippen LogP contribution in [-0.4, -0.2) is 43.8 Å². The minimum atomic E-state index is 0.273. The molecule has 0 aromatic rings. The van der Waals surface area contributed by atoms with Crippen molar-refractivity contribution >= 4 is 0 Å². The normalized spacial score (nSPS) is 29.8. The van der Waals surface area contributed by atoms with E-state index in [1.807, 2.05) is 0 Å². The molecule has 0 aliphatic carbocycles. The first-order valence-corrected chi connectivity index (χ1v) is 4.74. The van der Waals surface area contributed by atoms with E-state index in [2.05, 4.69) is 18.7 Å². The van der Waals surface area contributed by atoms with Crippen LogP contribution >= 0.6 is 0 Å². The lowest BCUT2D eigenvalue weighted by molar-refractivity contribution is 0.126. The van der Waals surface area contributed by atoms with Crippen molar-refractivity contribution in [2.75, 3.05) is 32.8 Å². The molecule has 0 radical (unpaired) electrons. The van der Waals surface area contributed by atoms with Gasteiger partial charge >= 0.3 is 0 Å². The Morgan fingerprint density at radius 2 is 2.42 bits per heavy atom. The van der Waals surface area contributed by atoms with Crippen LogP contribution < -0.4 is 5.73 Å². The molecule has 1 unspecified atom stereocenters. The second-order valence-corrected chi connectivity index (χ2v) is 3.92. The smallest absolute Gasteiger partial charge is 0.0593 e. The van der Waals surface area contributed by atoms with Crippen molar-refractivity contribution in [2.24, 2.45) is 11.7 Å². The van der Waals surface area contributed by atoms with Gasteiger partial charge in [-0.25, -0.2) is 0 Å². The molecule has 0 saturated carbocycles. The molecule has 3 nitrogen and oxygen atoms in total. The van der Waals surface area contributed by atoms with Gasteiger partial charge in [0.25, 0.3) is 0 Å². The summed E-state index contributed by atoms with van der Waals surface area (Å²) < 4.78 is 5.44. The third-order valence-corrected chi connectivity index (χ3v) is 2.07. The molecule has 0 spiro atoms. The van der Waals surface area contributed by atoms with Gasteiger partial charge < -0.3 is 10.5 Å². The third kappa shape index (κ3) is 3.52. The van der Waals surface area contributed by atoms with Crippen molar-refractivity contribution in [2.45, 2.75) is 19.9 Å². The molecule has 1 heterocycles. The van der Waals surface area contributed by atoms with Gasteiger partial charge in [-0.15, -0.1) is 0 Å². The first kappa shape index (κ1) is 9.96. The number of nitrogens with two attached hydrogens (primary N) is 1. The Hall–Kier alpha value is -0.120. The van der Waals surface area contributed by atoms with Crippen LogP contribution in [0.2, 0.25) is 0 Å². The zero-order chi connectivity index (χ0) is 8.97. The Bertz CT molecular complexity index is 128. The summed E-state index contributed by atoms with van der Waals surface area (Å²) in [5.41, 5.74) is 5.74. The second kappa shape index (κ2) is 4.80. The lowest BCUT2D eigenvalue weighted by Crippen LogP contribution is -2.38. The zero-order valence-corrected chi connectivity index (χ0v) is 8.12. The lowest BCUT2D eigenvalue weighted by atomic mass is 10.2. The Labute approximate surface area is 74.9 Å². The molecule has 1 rings (SSSR count). The van der Waals surface area contributed by atoms with E-state index in [0.717, 1.165) is 32.8 Å². The summed E-state index contributed by atoms with van der Waals surface area (Å²) in [6, 6.07) is 0.273. The minimum Gasteiger partial charge on any atom is -0.380 e. The van der Waals surface area contributed by atoms with E-state index in [1.165, 1.54) is 0 Å². The predicted molar refractivity (Wildman–Crippen MR) is 50.1 cm³/mol. The average molecular weight is 172 g/mol. The molecule has 2 atom stereocenters. The summed E-state index contributed by atoms with van der Waals surface area (Å²) in [5, 5.41) is 0. The van der Waals surface area contributed by atoms with Crippen LogP contribution in [0.25, 0.3) is 0 Å². The molecular formula is C9H20N2O. The number of ether oxygens (including phenoxy) is 1. The first-order chi connectivity index (χ1) is 5.68. The van der Waals surface area contributed by atoms with E-state index >= 15 is 0 Å². The summed E-state index contributed by atoms with van der Waals surface area (Å²) in [4.78, 5) is 2.39. The lowest BCUT2D eigenvalue weighted by Gasteiger charge is -2.22. The van der Waals surface area contributed by atoms with Gasteiger partial charge in [0.2, 0.25) is 0 Å². The molecule has 3 heteroatoms. The predicted octanol–water partition coefficient (Wildman–Crippen LogP) is 0.302. The summed E-state index contributed by atoms with van der Waals surface area (Å²) >= 11 is 0. The van der Waals surface area contributed by atoms with Gasteiger partial charge in [-0.1, -0.05) is 6.92 Å². The summed E-state index contributed by atoms with van der Waals surface area (Å²) in [6.07, 6.45) is 0. The van der Waals surface area contributed by atoms with Crippen LogP contribution in [0, 0.1) is 5.92 Å². The van der Waals surface area contributed by atoms with E-state index in [4.69, 9.17) is 10.5 Å². The van der Waals surface area contributed by atoms with Crippen molar-refractivity contribution in [1.29, 1.82) is 0 Å². The molecule has 0 aromatic heterocycles. The van der Waals surface area contributed by atoms with Crippen LogP contribution in [0.4, 0.5) is 0 Å². The van der Waals surface area contributed by atoms with E-state index in [-0.39, 0.29) is 6.04 Å². The first-order valence-electron chi connectivity index (χ1n) is 4.74. The number of hydrogen-bond donors (Lipinski definition) is 1. The van der Waals surface area contributed by atoms with Crippen LogP contribution in [0.3, 0.4) is 0 Å². The van der Waals surface area contributed by atoms with Crippen molar-refractivity contribution in [3.05, 3.63) is 0 Å². The molecule has 1 aliphatic heterocycles. The monoisotopic (exact) mass is 172 g/mol. The van der Waals surface area contributed by atoms with Gasteiger partial charge in [-0.05, 0) is 12.8 Å². The largest absolute Gasteiger partial charge is 0.380 e. The van der Waals surface area contributed by atoms with E-state index in [0.29, 0.717) is 5.92 Å². The fraction of sp³-hybridized carbons (Fsp3) is 1.00. The molecule has 1 aliphatic rings. The minimum absolute atomic E-state index is 0.273. The van der Waals surface area contributed by atoms with Crippen LogP contribution in [-0.2, 0) is 4.74 Å². The fourth-order valence-electron chi connectivity index (χ4n) is 1.64. The van der Waals surface area contributed by atoms with Gasteiger partial charge in [0.15, 0.2) is 0 Å². The highest BCUT2D eigenvalue weighted by Crippen LogP contribution is 2.05. The fourth-order valence-corrected chi connectivity index (χ4v) is 1.64. The number of hydrogen-bond acceptors (Lipinski definition) is 3. The van der Waals surface area contributed by atoms with Gasteiger partial charge in [0.05, 0.1) is 13.2 Å². The molecule has 12 heavy (non-hydrogen) atoms. The molecule has 1 fully saturated rings. The third-order valence-electron chi connectivity index (χ3n) is 2.07. The maximum Gasteiger partial charge on any atom is 0.0593 e. The maximum atomic E-state index is 5.74. The second-order valence-electron chi connectivity index (χ2n) is 3.92. The number of nitrogens with zero attached hydrogens (tertiary/aromatic N) is 1. The quantitative estimate of drug-likeness (QED) is 0.651. The van der Waals surface area contributed by atoms with E-state index in [1.54, 1.807) is 0 Å². The SMILES string of the molecule is CC1COCCN(C[C@H](C)N)C1. The van der Waals surface area contributed by atoms with Gasteiger partial charge in [0.1, 0.15) is 0 Å². The van der Waals surface area contributed by atoms with E-state index in [9.17, 15) is 0 Å². The van der Waals surface area contributed by atoms with Crippen molar-refractivity contribution in [3.63, 3.8) is 0 Å². The Morgan fingerprint density at radius 3 is 3.08 bits per heavy atom. The summed E-state index contributed by atoms with van der Waals surface area (Å²) in [7, 11) is 0. The molecule has 1 saturated heterocycles. The molecule has 2 N–H and O–H groups in total. The zero-order valence-electron chi connectivity index (χ0n) is 8.12. The highest BCUT2D eigenvalue weighted by atomic mass is 16.5. The molecule has 0 aromatic carbocycles. The highest BCUT2D eigenvalue weighted by Gasteiger charge is 2.15. The Balaban J connectivity index is 2.31. The average Bonchev–Trinajstić information content (AvgIpc) is 2.12. The van der Waals surface area contributed by atoms with Crippen LogP contribution in [0.1, 0.15) is 13.8 Å². The standard InChI is InChI=1S/C9H20N2O/c1-8-5-11(6-9(2)10)3-4-12-7-8/h8-9H,3-7,10H2,1-2H3/t8?,9-/m0/s1. The molecule has 0 amide bonds. The molecular weight excluding hydrogens is 152 g/mol. The van der Waals surface area contributed by atoms with E-state index < -0.39 is 0 Å². The Morgan fingerprint density at radius 1 is 1.67 bits per heavy atom. The molecule has 0 bridgehead atoms. The topological polar surface area (TPSA) is 38.5 Å². The maximum absolute atomic E-state index is 5.74. The summed E-state index contributed by atoms with van der Waals surface area (Å²) in [5.74, 6) is 0.645. The Kier molecular flexibility index (Phi) is 3.98.